The maximum absolute atomic E-state index is 12.9. The summed E-state index contributed by atoms with van der Waals surface area (Å²) < 4.78 is 38.7. The Hall–Kier alpha value is -7.66. The highest BCUT2D eigenvalue weighted by molar-refractivity contribution is 5.99. The second-order valence-electron chi connectivity index (χ2n) is 13.1. The van der Waals surface area contributed by atoms with Gasteiger partial charge in [0.05, 0.1) is 32.2 Å². The topological polar surface area (TPSA) is 215 Å². The molecule has 15 nitrogen and oxygen atoms in total. The number of aromatic nitrogens is 4. The van der Waals surface area contributed by atoms with Gasteiger partial charge in [0.1, 0.15) is 24.8 Å². The number of hydrogen-bond donors (Lipinski definition) is 3. The molecule has 0 aliphatic heterocycles. The van der Waals surface area contributed by atoms with Crippen LogP contribution in [0.15, 0.2) is 131 Å². The van der Waals surface area contributed by atoms with Gasteiger partial charge in [-0.25, -0.2) is 23.5 Å². The van der Waals surface area contributed by atoms with Crippen molar-refractivity contribution in [3.05, 3.63) is 188 Å². The van der Waals surface area contributed by atoms with E-state index in [0.29, 0.717) is 5.56 Å². The van der Waals surface area contributed by atoms with Crippen molar-refractivity contribution < 1.29 is 42.5 Å². The number of hydrogen-bond acceptors (Lipinski definition) is 11. The summed E-state index contributed by atoms with van der Waals surface area (Å²) in [6.07, 6.45) is 2.66. The monoisotopic (exact) mass is 836 g/mol. The predicted molar refractivity (Wildman–Crippen MR) is 219 cm³/mol. The van der Waals surface area contributed by atoms with Gasteiger partial charge in [-0.3, -0.25) is 33.1 Å². The van der Waals surface area contributed by atoms with Crippen LogP contribution in [-0.2, 0) is 49.7 Å². The zero-order valence-electron chi connectivity index (χ0n) is 33.1. The Morgan fingerprint density at radius 1 is 0.639 bits per heavy atom. The smallest absolute Gasteiger partial charge is 0.358 e. The van der Waals surface area contributed by atoms with Gasteiger partial charge >= 0.3 is 5.97 Å². The number of Topliss-reactive ketones (excluding diaryl/α,β-unsaturated/α-hetero) is 2. The van der Waals surface area contributed by atoms with Crippen LogP contribution in [0.3, 0.4) is 0 Å². The fourth-order valence-electron chi connectivity index (χ4n) is 5.12. The van der Waals surface area contributed by atoms with E-state index in [0.717, 1.165) is 23.0 Å². The van der Waals surface area contributed by atoms with Crippen molar-refractivity contribution in [2.45, 2.75) is 26.1 Å². The Morgan fingerprint density at radius 2 is 1.07 bits per heavy atom. The summed E-state index contributed by atoms with van der Waals surface area (Å²) >= 11 is 0. The number of carbonyl (C=O) groups is 4. The number of ketones is 2. The lowest BCUT2D eigenvalue weighted by Gasteiger charge is -2.11. The van der Waals surface area contributed by atoms with Gasteiger partial charge in [0, 0.05) is 20.5 Å². The number of ether oxygens (including phenoxy) is 2. The maximum Gasteiger partial charge on any atom is 0.358 e. The lowest BCUT2D eigenvalue weighted by atomic mass is 10.1. The van der Waals surface area contributed by atoms with Gasteiger partial charge in [0.25, 0.3) is 11.1 Å². The molecule has 0 bridgehead atoms. The molecule has 0 spiro atoms. The molecular weight excluding hydrogens is 795 g/mol. The molecule has 6 aromatic rings. The van der Waals surface area contributed by atoms with E-state index in [1.165, 1.54) is 66.0 Å². The van der Waals surface area contributed by atoms with E-state index in [4.69, 9.17) is 20.3 Å². The van der Waals surface area contributed by atoms with Crippen molar-refractivity contribution in [3.8, 4) is 11.5 Å². The molecule has 0 saturated heterocycles. The average molecular weight is 837 g/mol. The third-order valence-corrected chi connectivity index (χ3v) is 8.36. The van der Waals surface area contributed by atoms with E-state index in [1.807, 2.05) is 60.7 Å². The summed E-state index contributed by atoms with van der Waals surface area (Å²) in [5.74, 6) is -3.40. The molecule has 0 aliphatic carbocycles. The summed E-state index contributed by atoms with van der Waals surface area (Å²) in [6.45, 7) is -0.0969. The van der Waals surface area contributed by atoms with Crippen molar-refractivity contribution in [3.63, 3.8) is 0 Å². The number of carbonyl (C=O) groups excluding carboxylic acids is 3. The standard InChI is InChI=1S/C22H20FN3O4.C13H12N2O4.C9H10FNO/c1-26-14-25-20(21(22(26)29)30-13-16-5-3-2-4-6-16)18(27)12-24-19(28)11-15-7-9-17(23)10-8-15;1-15-8-14-10(13(17)18)11(12(15)16)19-7-9-5-3-2-4-6-9;10-8-3-1-7(2-4-8)5-9(12)6-11/h2-10,14H,11-13H2,1H3,(H,24,28);2-6,8H,7H2,1H3,(H,17,18);1-4H,5-6,11H2. The van der Waals surface area contributed by atoms with Gasteiger partial charge in [-0.05, 0) is 46.5 Å². The Labute approximate surface area is 348 Å². The number of halogens is 2. The number of nitrogens with two attached hydrogens (primary N) is 1. The highest BCUT2D eigenvalue weighted by atomic mass is 19.1. The number of nitrogens with one attached hydrogen (secondary N) is 1. The van der Waals surface area contributed by atoms with Gasteiger partial charge in [0.15, 0.2) is 17.2 Å². The molecule has 0 unspecified atom stereocenters. The molecule has 0 aliphatic rings. The molecule has 4 aromatic carbocycles. The summed E-state index contributed by atoms with van der Waals surface area (Å²) in [5, 5.41) is 11.5. The molecule has 4 N–H and O–H groups in total. The van der Waals surface area contributed by atoms with Crippen LogP contribution in [0.1, 0.15) is 43.2 Å². The summed E-state index contributed by atoms with van der Waals surface area (Å²) in [4.78, 5) is 78.5. The Bertz CT molecular complexity index is 2530. The second kappa shape index (κ2) is 23.1. The van der Waals surface area contributed by atoms with Crippen molar-refractivity contribution in [1.29, 1.82) is 0 Å². The van der Waals surface area contributed by atoms with E-state index in [-0.39, 0.29) is 73.6 Å². The molecule has 61 heavy (non-hydrogen) atoms. The molecule has 0 saturated carbocycles. The number of carboxylic acids is 1. The molecule has 316 valence electrons. The van der Waals surface area contributed by atoms with Crippen molar-refractivity contribution in [2.24, 2.45) is 19.8 Å². The molecule has 1 amide bonds. The maximum atomic E-state index is 12.9. The van der Waals surface area contributed by atoms with Crippen molar-refractivity contribution in [1.82, 2.24) is 24.4 Å². The molecule has 0 fully saturated rings. The minimum atomic E-state index is -1.29. The highest BCUT2D eigenvalue weighted by Crippen LogP contribution is 2.14. The number of benzene rings is 4. The fourth-order valence-corrected chi connectivity index (χ4v) is 5.12. The molecule has 0 radical (unpaired) electrons. The zero-order valence-corrected chi connectivity index (χ0v) is 33.1. The number of amides is 1. The lowest BCUT2D eigenvalue weighted by Crippen LogP contribution is -2.32. The Kier molecular flexibility index (Phi) is 17.4. The zero-order chi connectivity index (χ0) is 44.3. The van der Waals surface area contributed by atoms with Crippen LogP contribution in [0.5, 0.6) is 11.5 Å². The van der Waals surface area contributed by atoms with Crippen LogP contribution in [0.2, 0.25) is 0 Å². The first-order valence-electron chi connectivity index (χ1n) is 18.4. The van der Waals surface area contributed by atoms with Crippen LogP contribution in [0.4, 0.5) is 8.78 Å². The minimum Gasteiger partial charge on any atom is -0.481 e. The average Bonchev–Trinajstić information content (AvgIpc) is 3.26. The van der Waals surface area contributed by atoms with Gasteiger partial charge in [-0.2, -0.15) is 0 Å². The van der Waals surface area contributed by atoms with E-state index in [1.54, 1.807) is 12.1 Å². The third-order valence-electron chi connectivity index (χ3n) is 8.36. The van der Waals surface area contributed by atoms with Crippen LogP contribution in [-0.4, -0.2) is 60.7 Å². The quantitative estimate of drug-likeness (QED) is 0.125. The number of aromatic carboxylic acids is 1. The normalized spacial score (nSPS) is 10.2. The summed E-state index contributed by atoms with van der Waals surface area (Å²) in [5.41, 5.74) is 6.66. The molecular formula is C44H42F2N6O9. The third kappa shape index (κ3) is 14.6. The molecule has 0 atom stereocenters. The first-order valence-corrected chi connectivity index (χ1v) is 18.4. The second-order valence-corrected chi connectivity index (χ2v) is 13.1. The highest BCUT2D eigenvalue weighted by Gasteiger charge is 2.21. The van der Waals surface area contributed by atoms with Crippen molar-refractivity contribution >= 4 is 23.4 Å². The minimum absolute atomic E-state index is 0.00505. The van der Waals surface area contributed by atoms with E-state index in [9.17, 15) is 37.5 Å². The Balaban J connectivity index is 0.000000224. The van der Waals surface area contributed by atoms with Crippen LogP contribution < -0.4 is 31.6 Å². The van der Waals surface area contributed by atoms with E-state index >= 15 is 0 Å². The largest absolute Gasteiger partial charge is 0.481 e. The number of carboxylic acid groups (broad SMARTS) is 1. The Morgan fingerprint density at radius 3 is 1.51 bits per heavy atom. The van der Waals surface area contributed by atoms with Gasteiger partial charge in [0.2, 0.25) is 23.2 Å². The molecule has 2 aromatic heterocycles. The first kappa shape index (κ1) is 46.0. The molecule has 17 heteroatoms. The van der Waals surface area contributed by atoms with Crippen LogP contribution in [0.25, 0.3) is 0 Å². The molecule has 2 heterocycles. The van der Waals surface area contributed by atoms with Gasteiger partial charge in [-0.1, -0.05) is 84.9 Å². The number of rotatable bonds is 15. The lowest BCUT2D eigenvalue weighted by molar-refractivity contribution is -0.120. The van der Waals surface area contributed by atoms with E-state index < -0.39 is 34.6 Å². The number of nitrogens with zero attached hydrogens (tertiary/aromatic N) is 4. The number of aryl methyl sites for hydroxylation is 2. The summed E-state index contributed by atoms with van der Waals surface area (Å²) in [7, 11) is 2.99. The first-order chi connectivity index (χ1) is 29.2. The van der Waals surface area contributed by atoms with Crippen molar-refractivity contribution in [2.75, 3.05) is 13.1 Å². The SMILES string of the molecule is Cn1cnc(C(=O)CNC(=O)Cc2ccc(F)cc2)c(OCc2ccccc2)c1=O.Cn1cnc(C(=O)O)c(OCc2ccccc2)c1=O.NCC(=O)Cc1ccc(F)cc1. The fraction of sp³-hybridized carbons (Fsp3) is 0.182. The summed E-state index contributed by atoms with van der Waals surface area (Å²) in [6, 6.07) is 29.7. The van der Waals surface area contributed by atoms with Crippen LogP contribution >= 0.6 is 0 Å². The van der Waals surface area contributed by atoms with Crippen LogP contribution in [0, 0.1) is 11.6 Å². The van der Waals surface area contributed by atoms with Gasteiger partial charge in [-0.15, -0.1) is 0 Å². The van der Waals surface area contributed by atoms with E-state index in [2.05, 4.69) is 15.3 Å². The van der Waals surface area contributed by atoms with Gasteiger partial charge < -0.3 is 25.6 Å². The molecule has 6 rings (SSSR count). The predicted octanol–water partition coefficient (Wildman–Crippen LogP) is 3.99.